The molecule has 0 fully saturated rings. The monoisotopic (exact) mass is 173 g/mol. The Bertz CT molecular complexity index is 254. The standard InChI is InChI=1S/C13H17/c1-3-5-7-13-10-8-12(6-4-2)9-11-13/h3,5,8-11H,2,4,6-7H2,1H3. The Balaban J connectivity index is 2.58. The first kappa shape index (κ1) is 10.0. The first-order chi connectivity index (χ1) is 6.36. The smallest absolute Gasteiger partial charge is 0.00976 e. The van der Waals surface area contributed by atoms with Crippen LogP contribution < -0.4 is 0 Å². The summed E-state index contributed by atoms with van der Waals surface area (Å²) in [6.45, 7) is 5.89. The topological polar surface area (TPSA) is 0 Å². The van der Waals surface area contributed by atoms with E-state index in [1.54, 1.807) is 0 Å². The normalized spacial score (nSPS) is 10.9. The lowest BCUT2D eigenvalue weighted by Gasteiger charge is -2.00. The van der Waals surface area contributed by atoms with Gasteiger partial charge in [0.15, 0.2) is 0 Å². The molecule has 0 amide bonds. The first-order valence-corrected chi connectivity index (χ1v) is 4.85. The van der Waals surface area contributed by atoms with Gasteiger partial charge in [0.1, 0.15) is 0 Å². The molecule has 0 aliphatic heterocycles. The Morgan fingerprint density at radius 2 is 1.77 bits per heavy atom. The van der Waals surface area contributed by atoms with Gasteiger partial charge in [-0.05, 0) is 37.3 Å². The van der Waals surface area contributed by atoms with Crippen molar-refractivity contribution in [2.45, 2.75) is 26.2 Å². The highest BCUT2D eigenvalue weighted by molar-refractivity contribution is 5.24. The van der Waals surface area contributed by atoms with Gasteiger partial charge in [0.2, 0.25) is 0 Å². The second-order valence-corrected chi connectivity index (χ2v) is 3.19. The minimum atomic E-state index is 0.980. The van der Waals surface area contributed by atoms with E-state index < -0.39 is 0 Å². The van der Waals surface area contributed by atoms with Gasteiger partial charge >= 0.3 is 0 Å². The van der Waals surface area contributed by atoms with Crippen LogP contribution in [-0.2, 0) is 12.8 Å². The van der Waals surface area contributed by atoms with E-state index in [1.165, 1.54) is 11.1 Å². The summed E-state index contributed by atoms with van der Waals surface area (Å²) in [6, 6.07) is 8.80. The minimum absolute atomic E-state index is 0.980. The molecule has 0 aliphatic carbocycles. The van der Waals surface area contributed by atoms with Crippen molar-refractivity contribution in [2.75, 3.05) is 0 Å². The van der Waals surface area contributed by atoms with E-state index in [1.807, 2.05) is 0 Å². The van der Waals surface area contributed by atoms with E-state index in [0.717, 1.165) is 19.3 Å². The van der Waals surface area contributed by atoms with Gasteiger partial charge in [0.05, 0.1) is 0 Å². The fourth-order valence-electron chi connectivity index (χ4n) is 1.30. The zero-order valence-corrected chi connectivity index (χ0v) is 8.29. The molecule has 1 radical (unpaired) electrons. The van der Waals surface area contributed by atoms with Crippen molar-refractivity contribution in [3.05, 3.63) is 54.5 Å². The molecule has 0 aliphatic rings. The predicted molar refractivity (Wildman–Crippen MR) is 58.6 cm³/mol. The molecule has 13 heavy (non-hydrogen) atoms. The summed E-state index contributed by atoms with van der Waals surface area (Å²) in [6.07, 6.45) is 7.37. The average Bonchev–Trinajstić information content (AvgIpc) is 2.17. The molecule has 69 valence electrons. The van der Waals surface area contributed by atoms with E-state index in [0.29, 0.717) is 0 Å². The molecule has 0 nitrogen and oxygen atoms in total. The number of hydrogen-bond acceptors (Lipinski definition) is 0. The van der Waals surface area contributed by atoms with Crippen LogP contribution in [0.15, 0.2) is 36.4 Å². The number of rotatable bonds is 4. The number of hydrogen-bond donors (Lipinski definition) is 0. The summed E-state index contributed by atoms with van der Waals surface area (Å²) < 4.78 is 0. The van der Waals surface area contributed by atoms with E-state index >= 15 is 0 Å². The summed E-state index contributed by atoms with van der Waals surface area (Å²) >= 11 is 0. The minimum Gasteiger partial charge on any atom is -0.0913 e. The van der Waals surface area contributed by atoms with E-state index in [9.17, 15) is 0 Å². The van der Waals surface area contributed by atoms with Crippen molar-refractivity contribution in [3.8, 4) is 0 Å². The van der Waals surface area contributed by atoms with Crippen LogP contribution in [0.1, 0.15) is 24.5 Å². The van der Waals surface area contributed by atoms with Gasteiger partial charge < -0.3 is 0 Å². The molecule has 0 atom stereocenters. The molecule has 0 N–H and O–H groups in total. The Morgan fingerprint density at radius 3 is 2.31 bits per heavy atom. The maximum Gasteiger partial charge on any atom is -0.00976 e. The van der Waals surface area contributed by atoms with Crippen LogP contribution in [-0.4, -0.2) is 0 Å². The lowest BCUT2D eigenvalue weighted by atomic mass is 10.1. The van der Waals surface area contributed by atoms with Crippen molar-refractivity contribution in [1.82, 2.24) is 0 Å². The SMILES string of the molecule is [CH2]CCc1ccc(CC=CC)cc1. The Labute approximate surface area is 81.3 Å². The van der Waals surface area contributed by atoms with Gasteiger partial charge in [-0.3, -0.25) is 0 Å². The lowest BCUT2D eigenvalue weighted by Crippen LogP contribution is -1.85. The molecule has 0 unspecified atom stereocenters. The molecular formula is C13H17. The third kappa shape index (κ3) is 3.45. The summed E-state index contributed by atoms with van der Waals surface area (Å²) in [4.78, 5) is 0. The van der Waals surface area contributed by atoms with Crippen molar-refractivity contribution in [2.24, 2.45) is 0 Å². The summed E-state index contributed by atoms with van der Waals surface area (Å²) in [5, 5.41) is 0. The van der Waals surface area contributed by atoms with E-state index in [2.05, 4.69) is 50.3 Å². The predicted octanol–water partition coefficient (Wildman–Crippen LogP) is 3.57. The highest BCUT2D eigenvalue weighted by Crippen LogP contribution is 2.07. The van der Waals surface area contributed by atoms with E-state index in [-0.39, 0.29) is 0 Å². The molecule has 0 heteroatoms. The Morgan fingerprint density at radius 1 is 1.15 bits per heavy atom. The summed E-state index contributed by atoms with van der Waals surface area (Å²) in [5.74, 6) is 0. The molecule has 1 rings (SSSR count). The van der Waals surface area contributed by atoms with Crippen molar-refractivity contribution < 1.29 is 0 Å². The molecule has 0 saturated heterocycles. The molecule has 0 spiro atoms. The molecule has 0 bridgehead atoms. The maximum atomic E-state index is 3.84. The first-order valence-electron chi connectivity index (χ1n) is 4.85. The largest absolute Gasteiger partial charge is 0.0913 e. The van der Waals surface area contributed by atoms with Crippen molar-refractivity contribution in [1.29, 1.82) is 0 Å². The maximum absolute atomic E-state index is 3.84. The fraction of sp³-hybridized carbons (Fsp3) is 0.308. The quantitative estimate of drug-likeness (QED) is 0.610. The van der Waals surface area contributed by atoms with Gasteiger partial charge in [0.25, 0.3) is 0 Å². The highest BCUT2D eigenvalue weighted by Gasteiger charge is 1.91. The molecule has 0 saturated carbocycles. The highest BCUT2D eigenvalue weighted by atomic mass is 14.0. The van der Waals surface area contributed by atoms with Crippen LogP contribution in [0, 0.1) is 6.92 Å². The van der Waals surface area contributed by atoms with Crippen LogP contribution in [0.2, 0.25) is 0 Å². The van der Waals surface area contributed by atoms with Crippen LogP contribution in [0.25, 0.3) is 0 Å². The molecule has 1 aromatic carbocycles. The van der Waals surface area contributed by atoms with Crippen LogP contribution >= 0.6 is 0 Å². The second-order valence-electron chi connectivity index (χ2n) is 3.19. The molecule has 0 heterocycles. The average molecular weight is 173 g/mol. The molecular weight excluding hydrogens is 156 g/mol. The van der Waals surface area contributed by atoms with Crippen LogP contribution in [0.5, 0.6) is 0 Å². The van der Waals surface area contributed by atoms with Gasteiger partial charge in [-0.1, -0.05) is 43.3 Å². The molecule has 0 aromatic heterocycles. The van der Waals surface area contributed by atoms with Crippen LogP contribution in [0.4, 0.5) is 0 Å². The number of benzene rings is 1. The van der Waals surface area contributed by atoms with Gasteiger partial charge in [-0.25, -0.2) is 0 Å². The third-order valence-corrected chi connectivity index (χ3v) is 2.08. The Kier molecular flexibility index (Phi) is 4.31. The zero-order chi connectivity index (χ0) is 9.52. The Hall–Kier alpha value is -1.04. The van der Waals surface area contributed by atoms with E-state index in [4.69, 9.17) is 0 Å². The third-order valence-electron chi connectivity index (χ3n) is 2.08. The van der Waals surface area contributed by atoms with Gasteiger partial charge in [0, 0.05) is 0 Å². The molecule has 1 aromatic rings. The van der Waals surface area contributed by atoms with Crippen molar-refractivity contribution in [3.63, 3.8) is 0 Å². The zero-order valence-electron chi connectivity index (χ0n) is 8.29. The number of allylic oxidation sites excluding steroid dienone is 2. The van der Waals surface area contributed by atoms with Gasteiger partial charge in [-0.15, -0.1) is 0 Å². The van der Waals surface area contributed by atoms with Crippen LogP contribution in [0.3, 0.4) is 0 Å². The fourth-order valence-corrected chi connectivity index (χ4v) is 1.30. The second kappa shape index (κ2) is 5.58. The number of aryl methyl sites for hydroxylation is 1. The van der Waals surface area contributed by atoms with Gasteiger partial charge in [-0.2, -0.15) is 0 Å². The summed E-state index contributed by atoms with van der Waals surface area (Å²) in [7, 11) is 0. The van der Waals surface area contributed by atoms with Crippen molar-refractivity contribution >= 4 is 0 Å². The lowest BCUT2D eigenvalue weighted by molar-refractivity contribution is 0.996. The summed E-state index contributed by atoms with van der Waals surface area (Å²) in [5.41, 5.74) is 2.77.